The van der Waals surface area contributed by atoms with Crippen LogP contribution in [-0.4, -0.2) is 39.7 Å². The van der Waals surface area contributed by atoms with Crippen LogP contribution in [0.2, 0.25) is 0 Å². The van der Waals surface area contributed by atoms with E-state index in [0.717, 1.165) is 12.8 Å². The zero-order valence-corrected chi connectivity index (χ0v) is 28.4. The van der Waals surface area contributed by atoms with Crippen molar-refractivity contribution < 1.29 is 12.6 Å². The molecule has 1 radical (unpaired) electrons. The van der Waals surface area contributed by atoms with E-state index in [-0.39, 0.29) is 11.5 Å². The Morgan fingerprint density at radius 2 is 0.872 bits per heavy atom. The maximum atomic E-state index is 11.9. The third kappa shape index (κ3) is 21.0. The summed E-state index contributed by atoms with van der Waals surface area (Å²) in [5, 5.41) is 0. The Bertz CT molecular complexity index is 699. The second kappa shape index (κ2) is 26.5. The van der Waals surface area contributed by atoms with Crippen molar-refractivity contribution in [1.82, 2.24) is 0 Å². The van der Waals surface area contributed by atoms with Gasteiger partial charge in [0.15, 0.2) is 0 Å². The van der Waals surface area contributed by atoms with Crippen molar-refractivity contribution in [2.24, 2.45) is 0 Å². The summed E-state index contributed by atoms with van der Waals surface area (Å²) in [6.07, 6.45) is 30.2. The molecule has 0 heterocycles. The number of hydrogen-bond donors (Lipinski definition) is 0. The van der Waals surface area contributed by atoms with Gasteiger partial charge < -0.3 is 0 Å². The summed E-state index contributed by atoms with van der Waals surface area (Å²) in [6.45, 7) is 11.9. The van der Waals surface area contributed by atoms with Crippen molar-refractivity contribution in [2.45, 2.75) is 155 Å². The smallest absolute Gasteiger partial charge is 0.266 e. The van der Waals surface area contributed by atoms with E-state index < -0.39 is 17.4 Å². The lowest BCUT2D eigenvalue weighted by atomic mass is 10.1. The Morgan fingerprint density at radius 3 is 1.26 bits per heavy atom. The van der Waals surface area contributed by atoms with Crippen molar-refractivity contribution in [1.29, 1.82) is 0 Å². The Labute approximate surface area is 246 Å². The van der Waals surface area contributed by atoms with E-state index >= 15 is 0 Å². The van der Waals surface area contributed by atoms with Gasteiger partial charge in [0.05, 0.1) is 11.5 Å². The molecule has 1 aromatic carbocycles. The molecule has 39 heavy (non-hydrogen) atoms. The minimum absolute atomic E-state index is 0.238. The molecular formula is C34H66O3PS. The van der Waals surface area contributed by atoms with Gasteiger partial charge in [-0.15, -0.1) is 7.26 Å². The van der Waals surface area contributed by atoms with Gasteiger partial charge in [-0.05, 0) is 68.9 Å². The highest BCUT2D eigenvalue weighted by Gasteiger charge is 2.24. The first-order chi connectivity index (χ1) is 18.9. The molecule has 5 heteroatoms. The first kappa shape index (κ1) is 38.6. The quantitative estimate of drug-likeness (QED) is 0.0651. The summed E-state index contributed by atoms with van der Waals surface area (Å²) >= 11 is 0. The summed E-state index contributed by atoms with van der Waals surface area (Å²) < 4.78 is 28.8. The average molecular weight is 586 g/mol. The summed E-state index contributed by atoms with van der Waals surface area (Å²) in [5.41, 5.74) is 0. The molecule has 0 amide bonds. The standard InChI is InChI=1S/C18H30O3S.C16H36P/c1-2-3-4-5-6-7-8-9-10-14-17-21-22(19,20)18-15-12-11-13-16-18;1-5-9-13-17(14-10-6-2,15-11-7-3)16-12-8-4/h11-13,15-16H,2-10,14,17H2,1H3;5-16H2,1-4H3. The van der Waals surface area contributed by atoms with Crippen molar-refractivity contribution in [3.05, 3.63) is 30.3 Å². The fourth-order valence-electron chi connectivity index (χ4n) is 5.06. The van der Waals surface area contributed by atoms with E-state index in [1.165, 1.54) is 103 Å². The van der Waals surface area contributed by atoms with Crippen LogP contribution in [0.3, 0.4) is 0 Å². The average Bonchev–Trinajstić information content (AvgIpc) is 2.96. The molecule has 0 unspecified atom stereocenters. The molecule has 0 saturated carbocycles. The first-order valence-electron chi connectivity index (χ1n) is 16.7. The van der Waals surface area contributed by atoms with Gasteiger partial charge in [0, 0.05) is 0 Å². The maximum Gasteiger partial charge on any atom is 0.296 e. The molecule has 231 valence electrons. The lowest BCUT2D eigenvalue weighted by molar-refractivity contribution is 0.306. The number of unbranched alkanes of at least 4 members (excludes halogenated alkanes) is 13. The van der Waals surface area contributed by atoms with Crippen LogP contribution in [0.4, 0.5) is 0 Å². The van der Waals surface area contributed by atoms with Crippen LogP contribution in [0, 0.1) is 0 Å². The SMILES string of the molecule is CCCCCCCCCCCCOS(=O)(=O)c1ccccc1.CCCC[P](CCCC)(CCCC)CCCC. The topological polar surface area (TPSA) is 43.4 Å². The molecule has 0 aliphatic carbocycles. The van der Waals surface area contributed by atoms with Gasteiger partial charge in [-0.2, -0.15) is 8.42 Å². The Kier molecular flexibility index (Phi) is 26.2. The predicted molar refractivity (Wildman–Crippen MR) is 177 cm³/mol. The zero-order chi connectivity index (χ0) is 29.1. The molecule has 1 aromatic rings. The van der Waals surface area contributed by atoms with Gasteiger partial charge in [-0.1, -0.05) is 136 Å². The largest absolute Gasteiger partial charge is 0.296 e. The lowest BCUT2D eigenvalue weighted by Gasteiger charge is -2.37. The summed E-state index contributed by atoms with van der Waals surface area (Å²) in [4.78, 5) is 0.238. The van der Waals surface area contributed by atoms with Gasteiger partial charge in [-0.25, -0.2) is 0 Å². The molecule has 0 spiro atoms. The third-order valence-corrected chi connectivity index (χ3v) is 14.1. The van der Waals surface area contributed by atoms with Crippen molar-refractivity contribution in [2.75, 3.05) is 31.3 Å². The number of benzene rings is 1. The predicted octanol–water partition coefficient (Wildman–Crippen LogP) is 11.5. The van der Waals surface area contributed by atoms with Crippen molar-refractivity contribution >= 4 is 17.4 Å². The Balaban J connectivity index is 0.000000768. The van der Waals surface area contributed by atoms with Gasteiger partial charge in [0.1, 0.15) is 0 Å². The van der Waals surface area contributed by atoms with Gasteiger partial charge in [-0.3, -0.25) is 4.18 Å². The van der Waals surface area contributed by atoms with Crippen LogP contribution < -0.4 is 0 Å². The van der Waals surface area contributed by atoms with Crippen LogP contribution >= 0.6 is 7.26 Å². The van der Waals surface area contributed by atoms with E-state index in [0.29, 0.717) is 0 Å². The fourth-order valence-corrected chi connectivity index (χ4v) is 11.3. The van der Waals surface area contributed by atoms with Crippen LogP contribution in [0.25, 0.3) is 0 Å². The van der Waals surface area contributed by atoms with Crippen molar-refractivity contribution in [3.63, 3.8) is 0 Å². The molecule has 3 nitrogen and oxygen atoms in total. The van der Waals surface area contributed by atoms with Crippen LogP contribution in [-0.2, 0) is 14.3 Å². The Hall–Kier alpha value is -0.440. The molecule has 0 aromatic heterocycles. The maximum absolute atomic E-state index is 11.9. The molecule has 1 rings (SSSR count). The highest BCUT2D eigenvalue weighted by Crippen LogP contribution is 2.61. The van der Waals surface area contributed by atoms with E-state index in [9.17, 15) is 8.42 Å². The van der Waals surface area contributed by atoms with Gasteiger partial charge in [0.2, 0.25) is 0 Å². The van der Waals surface area contributed by atoms with Crippen LogP contribution in [0.5, 0.6) is 0 Å². The lowest BCUT2D eigenvalue weighted by Crippen LogP contribution is -2.12. The van der Waals surface area contributed by atoms with Gasteiger partial charge in [0.25, 0.3) is 10.1 Å². The molecule has 0 fully saturated rings. The molecule has 0 saturated heterocycles. The van der Waals surface area contributed by atoms with E-state index in [2.05, 4.69) is 34.6 Å². The summed E-state index contributed by atoms with van der Waals surface area (Å²) in [5.74, 6) is 0. The molecule has 0 atom stereocenters. The van der Waals surface area contributed by atoms with Crippen LogP contribution in [0.1, 0.15) is 150 Å². The highest BCUT2D eigenvalue weighted by atomic mass is 32.2. The van der Waals surface area contributed by atoms with E-state index in [1.807, 2.05) is 0 Å². The normalized spacial score (nSPS) is 11.8. The van der Waals surface area contributed by atoms with E-state index in [4.69, 9.17) is 4.18 Å². The minimum Gasteiger partial charge on any atom is -0.266 e. The van der Waals surface area contributed by atoms with Crippen LogP contribution in [0.15, 0.2) is 35.2 Å². The Morgan fingerprint density at radius 1 is 0.513 bits per heavy atom. The number of rotatable bonds is 25. The minimum atomic E-state index is -3.57. The third-order valence-electron chi connectivity index (χ3n) is 7.71. The monoisotopic (exact) mass is 585 g/mol. The fraction of sp³-hybridized carbons (Fsp3) is 0.824. The highest BCUT2D eigenvalue weighted by molar-refractivity contribution is 7.86. The molecule has 0 bridgehead atoms. The first-order valence-corrected chi connectivity index (χ1v) is 20.6. The molecule has 0 aliphatic heterocycles. The summed E-state index contributed by atoms with van der Waals surface area (Å²) in [7, 11) is -4.13. The molecular weight excluding hydrogens is 519 g/mol. The molecule has 0 aliphatic rings. The molecule has 0 N–H and O–H groups in total. The van der Waals surface area contributed by atoms with Gasteiger partial charge >= 0.3 is 0 Å². The van der Waals surface area contributed by atoms with E-state index in [1.54, 1.807) is 55.0 Å². The zero-order valence-electron chi connectivity index (χ0n) is 26.7. The van der Waals surface area contributed by atoms with Crippen molar-refractivity contribution in [3.8, 4) is 0 Å². The second-order valence-corrected chi connectivity index (χ2v) is 17.5. The second-order valence-electron chi connectivity index (χ2n) is 11.4. The summed E-state index contributed by atoms with van der Waals surface area (Å²) in [6, 6.07) is 8.33. The number of hydrogen-bond acceptors (Lipinski definition) is 3.